The first kappa shape index (κ1) is 45.2. The number of allylic oxidation sites excluding steroid dienone is 1. The second kappa shape index (κ2) is 18.2. The van der Waals surface area contributed by atoms with Crippen LogP contribution in [-0.4, -0.2) is 41.0 Å². The lowest BCUT2D eigenvalue weighted by atomic mass is 9.78. The zero-order valence-corrected chi connectivity index (χ0v) is 38.4. The maximum atomic E-state index is 14.9. The van der Waals surface area contributed by atoms with Crippen LogP contribution in [0, 0.1) is 5.92 Å². The molecule has 332 valence electrons. The molecule has 0 aromatic heterocycles. The van der Waals surface area contributed by atoms with Crippen molar-refractivity contribution in [3.8, 4) is 22.3 Å². The molecule has 0 bridgehead atoms. The Morgan fingerprint density at radius 2 is 0.862 bits per heavy atom. The van der Waals surface area contributed by atoms with Gasteiger partial charge in [-0.3, -0.25) is 25.0 Å². The van der Waals surface area contributed by atoms with Gasteiger partial charge >= 0.3 is 11.9 Å². The normalized spacial score (nSPS) is 15.6. The molecule has 0 aliphatic heterocycles. The Morgan fingerprint density at radius 3 is 1.23 bits per heavy atom. The van der Waals surface area contributed by atoms with Crippen molar-refractivity contribution in [1.29, 1.82) is 0 Å². The third-order valence-corrected chi connectivity index (χ3v) is 12.6. The molecule has 7 heteroatoms. The fourth-order valence-corrected chi connectivity index (χ4v) is 10.0. The number of hydrogen-bond acceptors (Lipinski definition) is 7. The van der Waals surface area contributed by atoms with E-state index in [1.165, 1.54) is 0 Å². The summed E-state index contributed by atoms with van der Waals surface area (Å²) in [6, 6.07) is 51.7. The van der Waals surface area contributed by atoms with Crippen molar-refractivity contribution in [1.82, 2.24) is 10.6 Å². The van der Waals surface area contributed by atoms with E-state index in [2.05, 4.69) is 90.0 Å². The fraction of sp³-hybridized carbons (Fsp3) is 0.293. The molecule has 0 radical (unpaired) electrons. The topological polar surface area (TPSA) is 93.7 Å². The molecule has 65 heavy (non-hydrogen) atoms. The highest BCUT2D eigenvalue weighted by Crippen LogP contribution is 2.53. The third kappa shape index (κ3) is 8.88. The number of ketones is 1. The average Bonchev–Trinajstić information content (AvgIpc) is 3.74. The summed E-state index contributed by atoms with van der Waals surface area (Å²) in [5.74, 6) is -1.61. The van der Waals surface area contributed by atoms with Crippen LogP contribution >= 0.6 is 0 Å². The predicted molar refractivity (Wildman–Crippen MR) is 259 cm³/mol. The summed E-state index contributed by atoms with van der Waals surface area (Å²) < 4.78 is 12.3. The molecule has 2 aliphatic rings. The van der Waals surface area contributed by atoms with Gasteiger partial charge < -0.3 is 9.47 Å². The number of esters is 2. The van der Waals surface area contributed by atoms with Crippen molar-refractivity contribution in [3.63, 3.8) is 0 Å². The zero-order chi connectivity index (χ0) is 46.0. The Morgan fingerprint density at radius 1 is 0.523 bits per heavy atom. The minimum atomic E-state index is -0.941. The van der Waals surface area contributed by atoms with E-state index in [0.29, 0.717) is 6.42 Å². The number of carbonyl (C=O) groups excluding carboxylic acids is 3. The minimum Gasteiger partial charge on any atom is -0.459 e. The molecular formula is C58H60N2O5. The smallest absolute Gasteiger partial charge is 0.323 e. The van der Waals surface area contributed by atoms with Crippen LogP contribution in [0.1, 0.15) is 101 Å². The number of ether oxygens (including phenoxy) is 2. The Balaban J connectivity index is 1.16. The van der Waals surface area contributed by atoms with Gasteiger partial charge in [0.25, 0.3) is 0 Å². The monoisotopic (exact) mass is 864 g/mol. The summed E-state index contributed by atoms with van der Waals surface area (Å²) in [4.78, 5) is 44.1. The quantitative estimate of drug-likeness (QED) is 0.0739. The molecule has 0 fully saturated rings. The van der Waals surface area contributed by atoms with E-state index in [0.717, 1.165) is 55.6 Å². The summed E-state index contributed by atoms with van der Waals surface area (Å²) in [7, 11) is 0. The fourth-order valence-electron chi connectivity index (χ4n) is 10.0. The first-order chi connectivity index (χ1) is 31.2. The van der Waals surface area contributed by atoms with Crippen LogP contribution in [0.5, 0.6) is 0 Å². The Kier molecular flexibility index (Phi) is 12.7. The van der Waals surface area contributed by atoms with Gasteiger partial charge in [-0.05, 0) is 116 Å². The number of Topliss-reactive ketones (excluding diaryl/α,β-unsaturated/α-hetero) is 1. The van der Waals surface area contributed by atoms with Crippen LogP contribution in [-0.2, 0) is 34.9 Å². The van der Waals surface area contributed by atoms with Crippen molar-refractivity contribution >= 4 is 17.7 Å². The lowest BCUT2D eigenvalue weighted by molar-refractivity contribution is -0.159. The van der Waals surface area contributed by atoms with Crippen LogP contribution in [0.4, 0.5) is 0 Å². The number of rotatable bonds is 16. The lowest BCUT2D eigenvalue weighted by Crippen LogP contribution is -2.54. The molecule has 8 rings (SSSR count). The van der Waals surface area contributed by atoms with Gasteiger partial charge in [-0.1, -0.05) is 164 Å². The van der Waals surface area contributed by atoms with Gasteiger partial charge in [0.05, 0.1) is 11.1 Å². The van der Waals surface area contributed by atoms with Crippen molar-refractivity contribution in [2.45, 2.75) is 102 Å². The molecule has 2 N–H and O–H groups in total. The maximum absolute atomic E-state index is 14.9. The molecule has 6 aromatic carbocycles. The van der Waals surface area contributed by atoms with E-state index in [1.807, 2.05) is 126 Å². The molecule has 2 aliphatic carbocycles. The predicted octanol–water partition coefficient (Wildman–Crippen LogP) is 11.5. The van der Waals surface area contributed by atoms with E-state index in [4.69, 9.17) is 9.47 Å². The van der Waals surface area contributed by atoms with Gasteiger partial charge in [-0.25, -0.2) is 0 Å². The molecule has 7 nitrogen and oxygen atoms in total. The van der Waals surface area contributed by atoms with Gasteiger partial charge in [-0.2, -0.15) is 0 Å². The molecule has 0 unspecified atom stereocenters. The van der Waals surface area contributed by atoms with Gasteiger partial charge in [-0.15, -0.1) is 6.58 Å². The number of carbonyl (C=O) groups is 3. The minimum absolute atomic E-state index is 0.0418. The Bertz CT molecular complexity index is 2600. The third-order valence-electron chi connectivity index (χ3n) is 12.6. The molecule has 0 spiro atoms. The molecule has 6 aromatic rings. The van der Waals surface area contributed by atoms with Gasteiger partial charge in [0.1, 0.15) is 29.1 Å². The molecular weight excluding hydrogens is 805 g/mol. The van der Waals surface area contributed by atoms with E-state index >= 15 is 0 Å². The number of benzene rings is 6. The number of nitrogens with one attached hydrogen (secondary N) is 2. The SMILES string of the molecule is C=CC[C@H](C[C@H](NC1(c2ccccc2)c2ccccc2-c2ccccc21)C(=O)OC(C)(C)C)C(=O)CC[C@H](NC1(c2ccccc2)c2ccccc2-c2ccccc21)C(=O)OC(C)(C)C. The van der Waals surface area contributed by atoms with Gasteiger partial charge in [0.15, 0.2) is 0 Å². The highest BCUT2D eigenvalue weighted by Gasteiger charge is 2.49. The second-order valence-corrected chi connectivity index (χ2v) is 19.3. The summed E-state index contributed by atoms with van der Waals surface area (Å²) in [5.41, 5.74) is 6.85. The van der Waals surface area contributed by atoms with Crippen LogP contribution in [0.2, 0.25) is 0 Å². The molecule has 3 atom stereocenters. The Labute approximate surface area is 384 Å². The standard InChI is InChI=1S/C58H60N2O5/c1-8-23-39(38-51(54(63)65-56(5,6)7)60-58(41-26-13-10-14-27-41)48-34-21-17-30-44(48)45-31-18-22-35-49(45)58)52(61)37-36-50(53(62)64-55(2,3)4)59-57(40-24-11-9-12-25-40)46-32-19-15-28-42(46)43-29-16-20-33-47(43)57/h8-22,24-35,39,50-51,59-60H,1,23,36-38H2,2-7H3/t39-,50+,51+/m1/s1. The summed E-state index contributed by atoms with van der Waals surface area (Å²) in [6.45, 7) is 15.2. The molecule has 0 saturated carbocycles. The van der Waals surface area contributed by atoms with Crippen LogP contribution in [0.15, 0.2) is 170 Å². The lowest BCUT2D eigenvalue weighted by Gasteiger charge is -2.39. The highest BCUT2D eigenvalue weighted by atomic mass is 16.6. The van der Waals surface area contributed by atoms with Gasteiger partial charge in [0, 0.05) is 12.3 Å². The average molecular weight is 865 g/mol. The first-order valence-corrected chi connectivity index (χ1v) is 22.8. The summed E-state index contributed by atoms with van der Waals surface area (Å²) in [6.07, 6.45) is 2.39. The Hall–Kier alpha value is -6.41. The summed E-state index contributed by atoms with van der Waals surface area (Å²) >= 11 is 0. The van der Waals surface area contributed by atoms with E-state index in [9.17, 15) is 14.4 Å². The zero-order valence-electron chi connectivity index (χ0n) is 38.4. The van der Waals surface area contributed by atoms with E-state index in [1.54, 1.807) is 6.08 Å². The van der Waals surface area contributed by atoms with Crippen molar-refractivity contribution in [3.05, 3.63) is 204 Å². The maximum Gasteiger partial charge on any atom is 0.323 e. The van der Waals surface area contributed by atoms with Gasteiger partial charge in [0.2, 0.25) is 0 Å². The van der Waals surface area contributed by atoms with E-state index in [-0.39, 0.29) is 25.0 Å². The second-order valence-electron chi connectivity index (χ2n) is 19.3. The van der Waals surface area contributed by atoms with Crippen LogP contribution in [0.25, 0.3) is 22.3 Å². The van der Waals surface area contributed by atoms with Crippen LogP contribution in [0.3, 0.4) is 0 Å². The van der Waals surface area contributed by atoms with Crippen molar-refractivity contribution < 1.29 is 23.9 Å². The highest BCUT2D eigenvalue weighted by molar-refractivity contribution is 5.88. The summed E-state index contributed by atoms with van der Waals surface area (Å²) in [5, 5.41) is 7.72. The number of fused-ring (bicyclic) bond motifs is 6. The largest absolute Gasteiger partial charge is 0.459 e. The van der Waals surface area contributed by atoms with Crippen molar-refractivity contribution in [2.75, 3.05) is 0 Å². The number of hydrogen-bond donors (Lipinski definition) is 2. The van der Waals surface area contributed by atoms with Crippen molar-refractivity contribution in [2.24, 2.45) is 5.92 Å². The molecule has 0 heterocycles. The van der Waals surface area contributed by atoms with E-state index < -0.39 is 52.2 Å². The first-order valence-electron chi connectivity index (χ1n) is 22.8. The molecule has 0 saturated heterocycles. The molecule has 0 amide bonds. The van der Waals surface area contributed by atoms with Crippen LogP contribution < -0.4 is 10.6 Å².